The van der Waals surface area contributed by atoms with E-state index in [4.69, 9.17) is 9.47 Å². The fourth-order valence-corrected chi connectivity index (χ4v) is 6.09. The lowest BCUT2D eigenvalue weighted by Crippen LogP contribution is -2.64. The van der Waals surface area contributed by atoms with Gasteiger partial charge in [0.2, 0.25) is 11.8 Å². The number of urea groups is 1. The zero-order valence-electron chi connectivity index (χ0n) is 29.2. The van der Waals surface area contributed by atoms with E-state index in [1.54, 1.807) is 36.4 Å². The molecule has 0 bridgehead atoms. The highest BCUT2D eigenvalue weighted by Gasteiger charge is 2.45. The summed E-state index contributed by atoms with van der Waals surface area (Å²) < 4.78 is 10.9. The number of fused-ring (bicyclic) bond motifs is 1. The molecule has 282 valence electrons. The Kier molecular flexibility index (Phi) is 13.1. The van der Waals surface area contributed by atoms with Crippen LogP contribution in [-0.4, -0.2) is 92.9 Å². The Hall–Kier alpha value is -6.58. The third kappa shape index (κ3) is 10.1. The van der Waals surface area contributed by atoms with Gasteiger partial charge in [-0.1, -0.05) is 24.3 Å². The monoisotopic (exact) mass is 740 g/mol. The number of hydrogen-bond acceptors (Lipinski definition) is 10. The molecule has 3 aromatic rings. The van der Waals surface area contributed by atoms with Crippen LogP contribution < -0.4 is 20.7 Å². The maximum Gasteiger partial charge on any atom is 0.338 e. The van der Waals surface area contributed by atoms with Crippen LogP contribution in [0.5, 0.6) is 11.5 Å². The van der Waals surface area contributed by atoms with Gasteiger partial charge in [-0.25, -0.2) is 14.6 Å². The fourth-order valence-electron chi connectivity index (χ4n) is 6.09. The number of esters is 1. The number of carboxylic acids is 1. The van der Waals surface area contributed by atoms with E-state index < -0.39 is 72.1 Å². The second kappa shape index (κ2) is 18.3. The summed E-state index contributed by atoms with van der Waals surface area (Å²) in [5.74, 6) is -4.80. The highest BCUT2D eigenvalue weighted by Crippen LogP contribution is 2.26. The minimum atomic E-state index is -1.44. The van der Waals surface area contributed by atoms with Crippen LogP contribution in [0, 0.1) is 5.92 Å². The number of aromatic nitrogens is 1. The van der Waals surface area contributed by atoms with Crippen LogP contribution in [0.1, 0.15) is 48.9 Å². The number of nitrogens with zero attached hydrogens (tertiary/aromatic N) is 3. The van der Waals surface area contributed by atoms with Gasteiger partial charge in [0.25, 0.3) is 5.91 Å². The average molecular weight is 741 g/mol. The van der Waals surface area contributed by atoms with Crippen molar-refractivity contribution < 1.29 is 48.1 Å². The van der Waals surface area contributed by atoms with Gasteiger partial charge in [0.05, 0.1) is 17.5 Å². The quantitative estimate of drug-likeness (QED) is 0.131. The summed E-state index contributed by atoms with van der Waals surface area (Å²) >= 11 is 0. The number of ketones is 1. The van der Waals surface area contributed by atoms with Crippen molar-refractivity contribution in [3.63, 3.8) is 0 Å². The predicted octanol–water partition coefficient (Wildman–Crippen LogP) is 3.47. The van der Waals surface area contributed by atoms with Gasteiger partial charge >= 0.3 is 18.0 Å². The Labute approximate surface area is 310 Å². The molecular weight excluding hydrogens is 700 g/mol. The standard InChI is InChI=1S/C38H40N6O10/c1-2-7-25(36(49)50)22-30(32(45)23-53-37(51)24-17-19-39-20-18-24)41-34(47)31-10-6-21-43-33(46)16-15-29(35(48)44(31)43)42-38(52)40-26-11-13-28(14-12-26)54-27-8-4-3-5-9-27/h2-5,8-9,11-14,17-20,25,29-31H,1,6-7,10,15-16,21-23H2,(H,41,47)(H,49,50)(H2,40,42,52)/t25?,29-,30-,31-/m0/s1. The van der Waals surface area contributed by atoms with E-state index in [0.717, 1.165) is 5.01 Å². The van der Waals surface area contributed by atoms with Crippen LogP contribution in [0.25, 0.3) is 0 Å². The first-order valence-corrected chi connectivity index (χ1v) is 17.3. The van der Waals surface area contributed by atoms with Crippen LogP contribution in [0.15, 0.2) is 91.8 Å². The van der Waals surface area contributed by atoms with Crippen molar-refractivity contribution in [3.05, 3.63) is 97.3 Å². The molecule has 1 unspecified atom stereocenters. The Bertz CT molecular complexity index is 1860. The molecule has 2 aliphatic rings. The molecule has 0 radical (unpaired) electrons. The lowest BCUT2D eigenvalue weighted by Gasteiger charge is -2.43. The molecule has 5 rings (SSSR count). The number of aliphatic carboxylic acids is 1. The summed E-state index contributed by atoms with van der Waals surface area (Å²) in [5.41, 5.74) is 0.531. The summed E-state index contributed by atoms with van der Waals surface area (Å²) in [5, 5.41) is 19.8. The van der Waals surface area contributed by atoms with Crippen molar-refractivity contribution in [1.82, 2.24) is 25.6 Å². The number of allylic oxidation sites excluding steroid dienone is 1. The number of nitrogens with one attached hydrogen (secondary N) is 3. The van der Waals surface area contributed by atoms with Crippen molar-refractivity contribution in [2.75, 3.05) is 18.5 Å². The van der Waals surface area contributed by atoms with Gasteiger partial charge in [0.1, 0.15) is 23.6 Å². The molecule has 4 N–H and O–H groups in total. The molecule has 2 saturated heterocycles. The smallest absolute Gasteiger partial charge is 0.338 e. The maximum absolute atomic E-state index is 14.0. The first-order valence-electron chi connectivity index (χ1n) is 17.3. The third-order valence-electron chi connectivity index (χ3n) is 8.85. The van der Waals surface area contributed by atoms with Gasteiger partial charge in [-0.3, -0.25) is 34.0 Å². The third-order valence-corrected chi connectivity index (χ3v) is 8.85. The molecule has 3 heterocycles. The summed E-state index contributed by atoms with van der Waals surface area (Å²) in [6.07, 6.45) is 4.01. The normalized spacial score (nSPS) is 17.9. The number of carboxylic acid groups (broad SMARTS) is 1. The molecule has 2 aromatic carbocycles. The summed E-state index contributed by atoms with van der Waals surface area (Å²) in [6, 6.07) is 13.8. The number of anilines is 1. The van der Waals surface area contributed by atoms with E-state index in [1.165, 1.54) is 35.6 Å². The fraction of sp³-hybridized carbons (Fsp3) is 0.316. The number of pyridine rings is 1. The molecule has 0 saturated carbocycles. The van der Waals surface area contributed by atoms with E-state index in [1.807, 2.05) is 18.2 Å². The SMILES string of the molecule is C=CCC(C[C@H](NC(=O)[C@@H]1CCCN2C(=O)CC[C@H](NC(=O)Nc3ccc(Oc4ccccc4)cc3)C(=O)N12)C(=O)COC(=O)c1ccncc1)C(=O)O. The molecule has 5 amide bonds. The molecular formula is C38H40N6O10. The number of hydrogen-bond donors (Lipinski definition) is 4. The van der Waals surface area contributed by atoms with Crippen LogP contribution in [-0.2, 0) is 28.7 Å². The van der Waals surface area contributed by atoms with Gasteiger partial charge in [-0.2, -0.15) is 0 Å². The minimum Gasteiger partial charge on any atom is -0.481 e. The van der Waals surface area contributed by atoms with Gasteiger partial charge in [-0.05, 0) is 80.6 Å². The number of carbonyl (C=O) groups is 7. The number of rotatable bonds is 15. The van der Waals surface area contributed by atoms with Crippen LogP contribution in [0.4, 0.5) is 10.5 Å². The molecule has 54 heavy (non-hydrogen) atoms. The van der Waals surface area contributed by atoms with Gasteiger partial charge in [-0.15, -0.1) is 6.58 Å². The average Bonchev–Trinajstić information content (AvgIpc) is 3.29. The Balaban J connectivity index is 1.27. The Morgan fingerprint density at radius 1 is 0.963 bits per heavy atom. The Morgan fingerprint density at radius 2 is 1.67 bits per heavy atom. The van der Waals surface area contributed by atoms with Crippen LogP contribution >= 0.6 is 0 Å². The number of hydrazine groups is 1. The molecule has 2 aliphatic heterocycles. The lowest BCUT2D eigenvalue weighted by molar-refractivity contribution is -0.176. The van der Waals surface area contributed by atoms with Crippen LogP contribution in [0.2, 0.25) is 0 Å². The van der Waals surface area contributed by atoms with Gasteiger partial charge in [0.15, 0.2) is 12.4 Å². The molecule has 4 atom stereocenters. The first-order chi connectivity index (χ1) is 26.0. The van der Waals surface area contributed by atoms with Gasteiger partial charge in [0, 0.05) is 31.0 Å². The zero-order chi connectivity index (χ0) is 38.6. The number of amides is 5. The summed E-state index contributed by atoms with van der Waals surface area (Å²) in [6.45, 7) is 2.92. The number of benzene rings is 2. The van der Waals surface area contributed by atoms with E-state index in [0.29, 0.717) is 23.6 Å². The Morgan fingerprint density at radius 3 is 2.35 bits per heavy atom. The van der Waals surface area contributed by atoms with Crippen molar-refractivity contribution >= 4 is 47.2 Å². The predicted molar refractivity (Wildman–Crippen MR) is 192 cm³/mol. The van der Waals surface area contributed by atoms with Crippen LogP contribution in [0.3, 0.4) is 0 Å². The largest absolute Gasteiger partial charge is 0.481 e. The molecule has 0 spiro atoms. The summed E-state index contributed by atoms with van der Waals surface area (Å²) in [4.78, 5) is 96.0. The number of carbonyl (C=O) groups excluding carboxylic acids is 6. The van der Waals surface area contributed by atoms with E-state index >= 15 is 0 Å². The highest BCUT2D eigenvalue weighted by molar-refractivity contribution is 5.99. The number of para-hydroxylation sites is 1. The lowest BCUT2D eigenvalue weighted by atomic mass is 9.94. The van der Waals surface area contributed by atoms with Crippen molar-refractivity contribution in [3.8, 4) is 11.5 Å². The molecule has 16 heteroatoms. The van der Waals surface area contributed by atoms with Crippen molar-refractivity contribution in [2.24, 2.45) is 5.92 Å². The maximum atomic E-state index is 14.0. The topological polar surface area (TPSA) is 214 Å². The molecule has 1 aromatic heterocycles. The molecule has 16 nitrogen and oxygen atoms in total. The van der Waals surface area contributed by atoms with E-state index in [-0.39, 0.29) is 44.2 Å². The second-order valence-electron chi connectivity index (χ2n) is 12.6. The van der Waals surface area contributed by atoms with Crippen molar-refractivity contribution in [1.29, 1.82) is 0 Å². The van der Waals surface area contributed by atoms with Gasteiger partial charge < -0.3 is 30.5 Å². The summed E-state index contributed by atoms with van der Waals surface area (Å²) in [7, 11) is 0. The number of Topliss-reactive ketones (excluding diaryl/α,β-unsaturated/α-hetero) is 1. The highest BCUT2D eigenvalue weighted by atomic mass is 16.5. The first kappa shape index (κ1) is 38.6. The molecule has 0 aliphatic carbocycles. The van der Waals surface area contributed by atoms with E-state index in [2.05, 4.69) is 27.5 Å². The second-order valence-corrected chi connectivity index (χ2v) is 12.6. The van der Waals surface area contributed by atoms with E-state index in [9.17, 15) is 38.7 Å². The van der Waals surface area contributed by atoms with Crippen molar-refractivity contribution in [2.45, 2.75) is 56.7 Å². The number of ether oxygens (including phenoxy) is 2. The minimum absolute atomic E-state index is 0.0247. The molecule has 2 fully saturated rings. The zero-order valence-corrected chi connectivity index (χ0v) is 29.2.